The Labute approximate surface area is 132 Å². The Hall–Kier alpha value is -1.16. The molecule has 114 valence electrons. The minimum atomic E-state index is 0.686. The van der Waals surface area contributed by atoms with Crippen molar-refractivity contribution < 1.29 is 0 Å². The molecular weight excluding hydrogens is 276 g/mol. The van der Waals surface area contributed by atoms with Gasteiger partial charge < -0.3 is 5.32 Å². The fourth-order valence-electron chi connectivity index (χ4n) is 2.49. The zero-order valence-electron chi connectivity index (χ0n) is 13.4. The van der Waals surface area contributed by atoms with Gasteiger partial charge >= 0.3 is 0 Å². The Morgan fingerprint density at radius 1 is 1.33 bits per heavy atom. The van der Waals surface area contributed by atoms with Crippen LogP contribution in [0.25, 0.3) is 10.1 Å². The number of hydrogen-bond donors (Lipinski definition) is 1. The summed E-state index contributed by atoms with van der Waals surface area (Å²) < 4.78 is 1.39. The van der Waals surface area contributed by atoms with Gasteiger partial charge in [-0.15, -0.1) is 17.9 Å². The third-order valence-electron chi connectivity index (χ3n) is 3.49. The molecule has 0 saturated carbocycles. The van der Waals surface area contributed by atoms with Crippen LogP contribution in [0.4, 0.5) is 0 Å². The summed E-state index contributed by atoms with van der Waals surface area (Å²) in [6.07, 6.45) is 1.96. The molecule has 2 rings (SSSR count). The van der Waals surface area contributed by atoms with E-state index in [1.807, 2.05) is 17.4 Å². The lowest BCUT2D eigenvalue weighted by molar-refractivity contribution is 0.364. The molecule has 21 heavy (non-hydrogen) atoms. The van der Waals surface area contributed by atoms with Crippen LogP contribution in [0.15, 0.2) is 36.9 Å². The van der Waals surface area contributed by atoms with Crippen molar-refractivity contribution in [1.82, 2.24) is 10.2 Å². The van der Waals surface area contributed by atoms with Gasteiger partial charge in [0.1, 0.15) is 0 Å². The van der Waals surface area contributed by atoms with Gasteiger partial charge in [0.05, 0.1) is 0 Å². The maximum atomic E-state index is 3.83. The van der Waals surface area contributed by atoms with Crippen LogP contribution in [-0.4, -0.2) is 25.0 Å². The van der Waals surface area contributed by atoms with Crippen molar-refractivity contribution in [2.75, 3.05) is 20.1 Å². The van der Waals surface area contributed by atoms with Crippen molar-refractivity contribution in [3.8, 4) is 0 Å². The van der Waals surface area contributed by atoms with Crippen molar-refractivity contribution in [2.45, 2.75) is 26.9 Å². The van der Waals surface area contributed by atoms with Crippen molar-refractivity contribution >= 4 is 21.4 Å². The van der Waals surface area contributed by atoms with E-state index in [1.54, 1.807) is 0 Å². The minimum Gasteiger partial charge on any atom is -0.312 e. The van der Waals surface area contributed by atoms with Crippen LogP contribution in [0, 0.1) is 5.92 Å². The van der Waals surface area contributed by atoms with Gasteiger partial charge in [0, 0.05) is 29.2 Å². The maximum Gasteiger partial charge on any atom is 0.0349 e. The molecular formula is C18H26N2S. The van der Waals surface area contributed by atoms with Gasteiger partial charge in [-0.3, -0.25) is 4.90 Å². The molecule has 0 fully saturated rings. The molecule has 2 nitrogen and oxygen atoms in total. The quantitative estimate of drug-likeness (QED) is 0.733. The molecule has 0 aliphatic rings. The van der Waals surface area contributed by atoms with Crippen LogP contribution in [0.3, 0.4) is 0 Å². The Kier molecular flexibility index (Phi) is 5.97. The summed E-state index contributed by atoms with van der Waals surface area (Å²) in [5, 5.41) is 4.98. The molecule has 0 aliphatic heterocycles. The van der Waals surface area contributed by atoms with E-state index in [9.17, 15) is 0 Å². The molecule has 0 unspecified atom stereocenters. The van der Waals surface area contributed by atoms with Gasteiger partial charge in [-0.2, -0.15) is 0 Å². The molecule has 0 atom stereocenters. The Morgan fingerprint density at radius 3 is 2.81 bits per heavy atom. The van der Waals surface area contributed by atoms with E-state index in [-0.39, 0.29) is 0 Å². The number of fused-ring (bicyclic) bond motifs is 1. The Balaban J connectivity index is 2.23. The van der Waals surface area contributed by atoms with Crippen molar-refractivity contribution in [2.24, 2.45) is 5.92 Å². The normalized spacial score (nSPS) is 11.7. The van der Waals surface area contributed by atoms with E-state index in [1.165, 1.54) is 20.5 Å². The summed E-state index contributed by atoms with van der Waals surface area (Å²) in [4.78, 5) is 3.78. The molecule has 1 aromatic carbocycles. The summed E-state index contributed by atoms with van der Waals surface area (Å²) >= 11 is 1.92. The largest absolute Gasteiger partial charge is 0.312 e. The van der Waals surface area contributed by atoms with Gasteiger partial charge in [-0.1, -0.05) is 38.1 Å². The standard InChI is InChI=1S/C18H26N2S/c1-5-10-20(4)13-16-15-8-6-7-9-17(15)21-18(16)12-19-11-14(2)3/h5-9,14,19H,1,10-13H2,2-4H3. The highest BCUT2D eigenvalue weighted by molar-refractivity contribution is 7.19. The van der Waals surface area contributed by atoms with Crippen LogP contribution in [0.5, 0.6) is 0 Å². The average molecular weight is 302 g/mol. The number of rotatable bonds is 8. The third-order valence-corrected chi connectivity index (χ3v) is 4.70. The predicted molar refractivity (Wildman–Crippen MR) is 94.9 cm³/mol. The monoisotopic (exact) mass is 302 g/mol. The Bertz CT molecular complexity index is 586. The van der Waals surface area contributed by atoms with Crippen LogP contribution in [0.1, 0.15) is 24.3 Å². The summed E-state index contributed by atoms with van der Waals surface area (Å²) in [6.45, 7) is 12.3. The van der Waals surface area contributed by atoms with Crippen molar-refractivity contribution in [3.63, 3.8) is 0 Å². The first-order valence-corrected chi connectivity index (χ1v) is 8.43. The SMILES string of the molecule is C=CCN(C)Cc1c(CNCC(C)C)sc2ccccc12. The number of likely N-dealkylation sites (N-methyl/N-ethyl adjacent to an activating group) is 1. The Morgan fingerprint density at radius 2 is 2.10 bits per heavy atom. The van der Waals surface area contributed by atoms with Crippen LogP contribution < -0.4 is 5.32 Å². The van der Waals surface area contributed by atoms with Gasteiger partial charge in [0.2, 0.25) is 0 Å². The second kappa shape index (κ2) is 7.74. The molecule has 0 bridgehead atoms. The van der Waals surface area contributed by atoms with Gasteiger partial charge in [-0.05, 0) is 36.5 Å². The van der Waals surface area contributed by atoms with E-state index < -0.39 is 0 Å². The number of benzene rings is 1. The first-order valence-electron chi connectivity index (χ1n) is 7.61. The molecule has 1 aromatic heterocycles. The lowest BCUT2D eigenvalue weighted by atomic mass is 10.1. The van der Waals surface area contributed by atoms with Gasteiger partial charge in [0.25, 0.3) is 0 Å². The molecule has 1 N–H and O–H groups in total. The first-order chi connectivity index (χ1) is 10.1. The van der Waals surface area contributed by atoms with Crippen molar-refractivity contribution in [1.29, 1.82) is 0 Å². The van der Waals surface area contributed by atoms with E-state index in [2.05, 4.69) is 62.0 Å². The van der Waals surface area contributed by atoms with Crippen LogP contribution >= 0.6 is 11.3 Å². The molecule has 0 amide bonds. The molecule has 0 spiro atoms. The lowest BCUT2D eigenvalue weighted by Gasteiger charge is -2.16. The molecule has 0 radical (unpaired) electrons. The number of thiophene rings is 1. The zero-order chi connectivity index (χ0) is 15.2. The highest BCUT2D eigenvalue weighted by Crippen LogP contribution is 2.32. The third kappa shape index (κ3) is 4.40. The summed E-state index contributed by atoms with van der Waals surface area (Å²) in [5.74, 6) is 0.686. The van der Waals surface area contributed by atoms with Gasteiger partial charge in [0.15, 0.2) is 0 Å². The first kappa shape index (κ1) is 16.2. The topological polar surface area (TPSA) is 15.3 Å². The van der Waals surface area contributed by atoms with Gasteiger partial charge in [-0.25, -0.2) is 0 Å². The minimum absolute atomic E-state index is 0.686. The molecule has 0 saturated heterocycles. The zero-order valence-corrected chi connectivity index (χ0v) is 14.2. The fourth-order valence-corrected chi connectivity index (χ4v) is 3.68. The van der Waals surface area contributed by atoms with Crippen LogP contribution in [0.2, 0.25) is 0 Å². The van der Waals surface area contributed by atoms with Crippen LogP contribution in [-0.2, 0) is 13.1 Å². The lowest BCUT2D eigenvalue weighted by Crippen LogP contribution is -2.21. The van der Waals surface area contributed by atoms with E-state index in [4.69, 9.17) is 0 Å². The number of nitrogens with one attached hydrogen (secondary N) is 1. The number of hydrogen-bond acceptors (Lipinski definition) is 3. The average Bonchev–Trinajstić information content (AvgIpc) is 2.77. The summed E-state index contributed by atoms with van der Waals surface area (Å²) in [5.41, 5.74) is 1.47. The second-order valence-electron chi connectivity index (χ2n) is 6.01. The van der Waals surface area contributed by atoms with E-state index in [0.717, 1.165) is 26.2 Å². The number of nitrogens with zero attached hydrogens (tertiary/aromatic N) is 1. The molecule has 2 aromatic rings. The molecule has 0 aliphatic carbocycles. The van der Waals surface area contributed by atoms with Crippen molar-refractivity contribution in [3.05, 3.63) is 47.4 Å². The predicted octanol–water partition coefficient (Wildman–Crippen LogP) is 4.26. The fraction of sp³-hybridized carbons (Fsp3) is 0.444. The highest BCUT2D eigenvalue weighted by atomic mass is 32.1. The summed E-state index contributed by atoms with van der Waals surface area (Å²) in [7, 11) is 2.15. The highest BCUT2D eigenvalue weighted by Gasteiger charge is 2.13. The smallest absolute Gasteiger partial charge is 0.0349 e. The van der Waals surface area contributed by atoms with E-state index >= 15 is 0 Å². The van der Waals surface area contributed by atoms with E-state index in [0.29, 0.717) is 5.92 Å². The summed E-state index contributed by atoms with van der Waals surface area (Å²) in [6, 6.07) is 8.73. The molecule has 1 heterocycles. The second-order valence-corrected chi connectivity index (χ2v) is 7.15. The molecule has 3 heteroatoms. The maximum absolute atomic E-state index is 3.83.